The topological polar surface area (TPSA) is 39.2 Å². The number of rotatable bonds is 5. The fourth-order valence-electron chi connectivity index (χ4n) is 2.49. The molecule has 0 atom stereocenters. The number of halogens is 2. The molecule has 0 unspecified atom stereocenters. The van der Waals surface area contributed by atoms with Gasteiger partial charge in [-0.05, 0) is 35.7 Å². The van der Waals surface area contributed by atoms with E-state index in [2.05, 4.69) is 9.72 Å². The second-order valence-corrected chi connectivity index (χ2v) is 6.52. The Bertz CT molecular complexity index is 876. The lowest BCUT2D eigenvalue weighted by molar-refractivity contribution is -0.0493. The fourth-order valence-corrected chi connectivity index (χ4v) is 3.28. The quantitative estimate of drug-likeness (QED) is 0.580. The number of alkyl halides is 2. The van der Waals surface area contributed by atoms with Crippen LogP contribution in [0.15, 0.2) is 41.8 Å². The molecule has 0 aliphatic carbocycles. The van der Waals surface area contributed by atoms with Crippen molar-refractivity contribution in [2.75, 3.05) is 0 Å². The van der Waals surface area contributed by atoms with E-state index in [1.807, 2.05) is 31.4 Å². The zero-order valence-corrected chi connectivity index (χ0v) is 13.9. The summed E-state index contributed by atoms with van der Waals surface area (Å²) in [7, 11) is 0. The monoisotopic (exact) mass is 347 g/mol. The van der Waals surface area contributed by atoms with Crippen molar-refractivity contribution in [2.45, 2.75) is 20.5 Å². The van der Waals surface area contributed by atoms with E-state index in [9.17, 15) is 13.6 Å². The van der Waals surface area contributed by atoms with Crippen molar-refractivity contribution in [1.82, 2.24) is 4.98 Å². The number of ketones is 1. The highest BCUT2D eigenvalue weighted by molar-refractivity contribution is 7.13. The van der Waals surface area contributed by atoms with E-state index < -0.39 is 6.61 Å². The van der Waals surface area contributed by atoms with Crippen molar-refractivity contribution < 1.29 is 18.3 Å². The first-order valence-electron chi connectivity index (χ1n) is 7.44. The van der Waals surface area contributed by atoms with Gasteiger partial charge in [-0.15, -0.1) is 11.3 Å². The number of aromatic nitrogens is 1. The summed E-state index contributed by atoms with van der Waals surface area (Å²) in [5.74, 6) is -0.111. The van der Waals surface area contributed by atoms with Crippen LogP contribution in [0, 0.1) is 5.92 Å². The average Bonchev–Trinajstić information content (AvgIpc) is 3.06. The number of pyridine rings is 1. The van der Waals surface area contributed by atoms with Gasteiger partial charge in [0.05, 0.1) is 5.52 Å². The van der Waals surface area contributed by atoms with Gasteiger partial charge in [0.1, 0.15) is 11.4 Å². The van der Waals surface area contributed by atoms with Gasteiger partial charge in [-0.25, -0.2) is 4.98 Å². The highest BCUT2D eigenvalue weighted by Gasteiger charge is 2.18. The van der Waals surface area contributed by atoms with Crippen molar-refractivity contribution in [3.8, 4) is 16.2 Å². The van der Waals surface area contributed by atoms with E-state index in [1.54, 1.807) is 18.2 Å². The van der Waals surface area contributed by atoms with Crippen molar-refractivity contribution in [3.63, 3.8) is 0 Å². The summed E-state index contributed by atoms with van der Waals surface area (Å²) in [5.41, 5.74) is 1.52. The van der Waals surface area contributed by atoms with Gasteiger partial charge in [-0.3, -0.25) is 4.79 Å². The third-order valence-corrected chi connectivity index (χ3v) is 4.48. The maximum Gasteiger partial charge on any atom is 0.387 e. The average molecular weight is 347 g/mol. The molecule has 3 rings (SSSR count). The Morgan fingerprint density at radius 2 is 1.96 bits per heavy atom. The molecule has 0 N–H and O–H groups in total. The first-order chi connectivity index (χ1) is 11.5. The summed E-state index contributed by atoms with van der Waals surface area (Å²) < 4.78 is 30.1. The number of hydrogen-bond donors (Lipinski definition) is 0. The molecule has 124 valence electrons. The Labute approximate surface area is 141 Å². The third-order valence-electron chi connectivity index (χ3n) is 3.59. The normalized spacial score (nSPS) is 11.4. The molecule has 6 heteroatoms. The summed E-state index contributed by atoms with van der Waals surface area (Å²) >= 11 is 1.43. The summed E-state index contributed by atoms with van der Waals surface area (Å²) in [6.07, 6.45) is 0. The summed E-state index contributed by atoms with van der Waals surface area (Å²) in [5, 5.41) is 2.54. The van der Waals surface area contributed by atoms with Crippen LogP contribution in [0.2, 0.25) is 0 Å². The highest BCUT2D eigenvalue weighted by Crippen LogP contribution is 2.39. The van der Waals surface area contributed by atoms with Crippen LogP contribution < -0.4 is 4.74 Å². The van der Waals surface area contributed by atoms with Gasteiger partial charge in [0.2, 0.25) is 0 Å². The second kappa shape index (κ2) is 6.65. The summed E-state index contributed by atoms with van der Waals surface area (Å²) in [6.45, 7) is 0.714. The van der Waals surface area contributed by atoms with Crippen LogP contribution in [0.4, 0.5) is 8.78 Å². The maximum absolute atomic E-state index is 12.7. The first-order valence-corrected chi connectivity index (χ1v) is 8.32. The lowest BCUT2D eigenvalue weighted by Gasteiger charge is -2.13. The molecule has 0 fully saturated rings. The van der Waals surface area contributed by atoms with E-state index >= 15 is 0 Å². The Morgan fingerprint density at radius 3 is 2.58 bits per heavy atom. The highest BCUT2D eigenvalue weighted by atomic mass is 32.1. The van der Waals surface area contributed by atoms with Gasteiger partial charge in [0, 0.05) is 21.7 Å². The predicted molar refractivity (Wildman–Crippen MR) is 90.9 cm³/mol. The van der Waals surface area contributed by atoms with Crippen LogP contribution in [-0.2, 0) is 0 Å². The molecule has 2 heterocycles. The molecule has 0 radical (unpaired) electrons. The van der Waals surface area contributed by atoms with Gasteiger partial charge < -0.3 is 4.74 Å². The van der Waals surface area contributed by atoms with Crippen molar-refractivity contribution >= 4 is 28.0 Å². The summed E-state index contributed by atoms with van der Waals surface area (Å²) in [4.78, 5) is 17.3. The minimum atomic E-state index is -2.91. The first kappa shape index (κ1) is 16.5. The van der Waals surface area contributed by atoms with Crippen LogP contribution in [0.5, 0.6) is 5.75 Å². The SMILES string of the molecule is CC(C)C(=O)c1ccc2c(-c3cccs3)c(OC(F)F)ccc2n1. The molecule has 3 nitrogen and oxygen atoms in total. The van der Waals surface area contributed by atoms with E-state index in [0.29, 0.717) is 22.2 Å². The van der Waals surface area contributed by atoms with Gasteiger partial charge in [0.15, 0.2) is 5.78 Å². The van der Waals surface area contributed by atoms with Crippen molar-refractivity contribution in [1.29, 1.82) is 0 Å². The molecule has 0 saturated heterocycles. The van der Waals surface area contributed by atoms with E-state index in [4.69, 9.17) is 0 Å². The number of thiophene rings is 1. The molecule has 0 bridgehead atoms. The fraction of sp³-hybridized carbons (Fsp3) is 0.222. The Hall–Kier alpha value is -2.34. The number of benzene rings is 1. The molecule has 0 amide bonds. The minimum absolute atomic E-state index is 0.0533. The molecule has 0 saturated carbocycles. The summed E-state index contributed by atoms with van der Waals surface area (Å²) in [6, 6.07) is 10.1. The van der Waals surface area contributed by atoms with Crippen LogP contribution >= 0.6 is 11.3 Å². The van der Waals surface area contributed by atoms with Crippen molar-refractivity contribution in [3.05, 3.63) is 47.5 Å². The van der Waals surface area contributed by atoms with Crippen LogP contribution in [0.25, 0.3) is 21.3 Å². The number of carbonyl (C=O) groups excluding carboxylic acids is 1. The molecule has 24 heavy (non-hydrogen) atoms. The van der Waals surface area contributed by atoms with Crippen LogP contribution in [0.3, 0.4) is 0 Å². The number of Topliss-reactive ketones (excluding diaryl/α,β-unsaturated/α-hetero) is 1. The molecule has 1 aromatic carbocycles. The number of carbonyl (C=O) groups is 1. The minimum Gasteiger partial charge on any atom is -0.434 e. The maximum atomic E-state index is 12.7. The smallest absolute Gasteiger partial charge is 0.387 e. The number of hydrogen-bond acceptors (Lipinski definition) is 4. The van der Waals surface area contributed by atoms with Gasteiger partial charge in [-0.2, -0.15) is 8.78 Å². The molecule has 3 aromatic rings. The number of ether oxygens (including phenoxy) is 1. The third kappa shape index (κ3) is 3.14. The van der Waals surface area contributed by atoms with E-state index in [1.165, 1.54) is 17.4 Å². The lowest BCUT2D eigenvalue weighted by atomic mass is 10.0. The molecular formula is C18H15F2NO2S. The molecule has 2 aromatic heterocycles. The molecular weight excluding hydrogens is 332 g/mol. The molecule has 0 aliphatic rings. The second-order valence-electron chi connectivity index (χ2n) is 5.58. The Morgan fingerprint density at radius 1 is 1.17 bits per heavy atom. The van der Waals surface area contributed by atoms with Gasteiger partial charge in [-0.1, -0.05) is 19.9 Å². The zero-order valence-electron chi connectivity index (χ0n) is 13.1. The Kier molecular flexibility index (Phi) is 4.57. The Balaban J connectivity index is 2.20. The largest absolute Gasteiger partial charge is 0.434 e. The standard InChI is InChI=1S/C18H15F2NO2S/c1-10(2)17(22)13-6-5-11-12(21-13)7-8-14(23-18(19)20)16(11)15-4-3-9-24-15/h3-10,18H,1-2H3. The van der Waals surface area contributed by atoms with E-state index in [-0.39, 0.29) is 17.5 Å². The van der Waals surface area contributed by atoms with Gasteiger partial charge >= 0.3 is 6.61 Å². The number of nitrogens with zero attached hydrogens (tertiary/aromatic N) is 1. The molecule has 0 aliphatic heterocycles. The lowest BCUT2D eigenvalue weighted by Crippen LogP contribution is -2.09. The van der Waals surface area contributed by atoms with Crippen LogP contribution in [0.1, 0.15) is 24.3 Å². The van der Waals surface area contributed by atoms with Gasteiger partial charge in [0.25, 0.3) is 0 Å². The number of fused-ring (bicyclic) bond motifs is 1. The van der Waals surface area contributed by atoms with E-state index in [0.717, 1.165) is 4.88 Å². The predicted octanol–water partition coefficient (Wildman–Crippen LogP) is 5.40. The van der Waals surface area contributed by atoms with Crippen LogP contribution in [-0.4, -0.2) is 17.4 Å². The van der Waals surface area contributed by atoms with Crippen molar-refractivity contribution in [2.24, 2.45) is 5.92 Å². The molecule has 0 spiro atoms. The zero-order chi connectivity index (χ0) is 17.3.